The smallest absolute Gasteiger partial charge is 0.408 e. The molecule has 0 radical (unpaired) electrons. The van der Waals surface area contributed by atoms with Gasteiger partial charge in [0.05, 0.1) is 11.6 Å². The molecule has 3 aromatic rings. The number of H-pyrrole nitrogens is 1. The summed E-state index contributed by atoms with van der Waals surface area (Å²) in [6, 6.07) is 11.1. The number of hydrogen-bond donors (Lipinski definition) is 2. The first-order valence-corrected chi connectivity index (χ1v) is 6.17. The highest BCUT2D eigenvalue weighted by atomic mass is 19.1. The van der Waals surface area contributed by atoms with Gasteiger partial charge in [0, 0.05) is 6.42 Å². The normalized spacial score (nSPS) is 12.7. The Morgan fingerprint density at radius 2 is 2.10 bits per heavy atom. The molecule has 5 heteroatoms. The van der Waals surface area contributed by atoms with Gasteiger partial charge in [0.15, 0.2) is 5.58 Å². The van der Waals surface area contributed by atoms with E-state index in [1.807, 2.05) is 0 Å². The zero-order valence-corrected chi connectivity index (χ0v) is 10.5. The van der Waals surface area contributed by atoms with E-state index in [0.29, 0.717) is 22.2 Å². The van der Waals surface area contributed by atoms with Crippen LogP contribution in [0, 0.1) is 5.82 Å². The number of nitrogens with one attached hydrogen (secondary N) is 1. The summed E-state index contributed by atoms with van der Waals surface area (Å²) >= 11 is 0. The Bertz CT molecular complexity index is 806. The summed E-state index contributed by atoms with van der Waals surface area (Å²) < 4.78 is 18.0. The minimum atomic E-state index is -0.790. The second kappa shape index (κ2) is 4.94. The van der Waals surface area contributed by atoms with Crippen molar-refractivity contribution < 1.29 is 13.9 Å². The van der Waals surface area contributed by atoms with Gasteiger partial charge >= 0.3 is 5.76 Å². The van der Waals surface area contributed by atoms with Crippen LogP contribution in [-0.4, -0.2) is 10.1 Å². The molecule has 4 nitrogen and oxygen atoms in total. The van der Waals surface area contributed by atoms with Crippen molar-refractivity contribution in [1.29, 1.82) is 0 Å². The third-order valence-corrected chi connectivity index (χ3v) is 3.15. The summed E-state index contributed by atoms with van der Waals surface area (Å²) in [5.41, 5.74) is 2.29. The Morgan fingerprint density at radius 3 is 2.90 bits per heavy atom. The summed E-state index contributed by atoms with van der Waals surface area (Å²) in [5, 5.41) is 10.2. The molecule has 0 spiro atoms. The van der Waals surface area contributed by atoms with Crippen LogP contribution in [0.15, 0.2) is 51.7 Å². The van der Waals surface area contributed by atoms with Crippen molar-refractivity contribution in [2.75, 3.05) is 0 Å². The maximum absolute atomic E-state index is 13.1. The number of aromatic amines is 1. The average Bonchev–Trinajstić information content (AvgIpc) is 2.77. The highest BCUT2D eigenvalue weighted by molar-refractivity contribution is 5.72. The number of aliphatic hydroxyl groups is 1. The Balaban J connectivity index is 1.88. The van der Waals surface area contributed by atoms with E-state index >= 15 is 0 Å². The van der Waals surface area contributed by atoms with Gasteiger partial charge in [-0.2, -0.15) is 0 Å². The maximum Gasteiger partial charge on any atom is 0.417 e. The van der Waals surface area contributed by atoms with Crippen molar-refractivity contribution in [3.05, 3.63) is 70.0 Å². The van der Waals surface area contributed by atoms with Crippen molar-refractivity contribution in [1.82, 2.24) is 4.98 Å². The molecule has 0 aliphatic rings. The maximum atomic E-state index is 13.1. The SMILES string of the molecule is O=c1[nH]c2ccc(C(O)Cc3cccc(F)c3)cc2o1. The second-order valence-electron chi connectivity index (χ2n) is 4.62. The molecule has 1 unspecified atom stereocenters. The van der Waals surface area contributed by atoms with Crippen LogP contribution in [0.1, 0.15) is 17.2 Å². The third-order valence-electron chi connectivity index (χ3n) is 3.15. The van der Waals surface area contributed by atoms with Crippen LogP contribution in [0.5, 0.6) is 0 Å². The largest absolute Gasteiger partial charge is 0.417 e. The molecule has 0 amide bonds. The highest BCUT2D eigenvalue weighted by Gasteiger charge is 2.11. The van der Waals surface area contributed by atoms with Crippen LogP contribution >= 0.6 is 0 Å². The molecular weight excluding hydrogens is 261 g/mol. The van der Waals surface area contributed by atoms with Gasteiger partial charge in [-0.25, -0.2) is 9.18 Å². The van der Waals surface area contributed by atoms with E-state index in [1.54, 1.807) is 30.3 Å². The van der Waals surface area contributed by atoms with Gasteiger partial charge in [-0.3, -0.25) is 4.98 Å². The van der Waals surface area contributed by atoms with E-state index < -0.39 is 11.9 Å². The first kappa shape index (κ1) is 12.6. The lowest BCUT2D eigenvalue weighted by molar-refractivity contribution is 0.178. The Kier molecular flexibility index (Phi) is 3.12. The lowest BCUT2D eigenvalue weighted by atomic mass is 10.0. The van der Waals surface area contributed by atoms with E-state index in [4.69, 9.17) is 4.42 Å². The zero-order chi connectivity index (χ0) is 14.1. The molecule has 102 valence electrons. The topological polar surface area (TPSA) is 66.2 Å². The summed E-state index contributed by atoms with van der Waals surface area (Å²) in [4.78, 5) is 13.6. The zero-order valence-electron chi connectivity index (χ0n) is 10.5. The fourth-order valence-corrected chi connectivity index (χ4v) is 2.17. The number of hydrogen-bond acceptors (Lipinski definition) is 3. The number of halogens is 1. The third kappa shape index (κ3) is 2.48. The molecule has 0 saturated carbocycles. The number of benzene rings is 2. The van der Waals surface area contributed by atoms with Crippen LogP contribution < -0.4 is 5.76 Å². The number of fused-ring (bicyclic) bond motifs is 1. The minimum absolute atomic E-state index is 0.290. The molecule has 0 fully saturated rings. The molecule has 0 aliphatic heterocycles. The lowest BCUT2D eigenvalue weighted by Crippen LogP contribution is -2.01. The highest BCUT2D eigenvalue weighted by Crippen LogP contribution is 2.22. The molecule has 0 saturated heterocycles. The average molecular weight is 273 g/mol. The van der Waals surface area contributed by atoms with Gasteiger partial charge in [-0.05, 0) is 35.4 Å². The Morgan fingerprint density at radius 1 is 1.25 bits per heavy atom. The number of aromatic nitrogens is 1. The molecule has 0 bridgehead atoms. The molecular formula is C15H12FNO3. The lowest BCUT2D eigenvalue weighted by Gasteiger charge is -2.11. The van der Waals surface area contributed by atoms with Crippen molar-refractivity contribution in [2.45, 2.75) is 12.5 Å². The second-order valence-corrected chi connectivity index (χ2v) is 4.62. The Hall–Kier alpha value is -2.40. The quantitative estimate of drug-likeness (QED) is 0.770. The van der Waals surface area contributed by atoms with E-state index in [-0.39, 0.29) is 12.2 Å². The molecule has 3 rings (SSSR count). The van der Waals surface area contributed by atoms with Crippen molar-refractivity contribution >= 4 is 11.1 Å². The summed E-state index contributed by atoms with van der Waals surface area (Å²) in [6.07, 6.45) is -0.501. The summed E-state index contributed by atoms with van der Waals surface area (Å²) in [5.74, 6) is -0.862. The van der Waals surface area contributed by atoms with Crippen molar-refractivity contribution in [3.8, 4) is 0 Å². The van der Waals surface area contributed by atoms with Gasteiger partial charge in [-0.15, -0.1) is 0 Å². The first-order valence-electron chi connectivity index (χ1n) is 6.17. The molecule has 2 aromatic carbocycles. The van der Waals surface area contributed by atoms with E-state index in [1.165, 1.54) is 12.1 Å². The van der Waals surface area contributed by atoms with Crippen LogP contribution in [-0.2, 0) is 6.42 Å². The van der Waals surface area contributed by atoms with E-state index in [0.717, 1.165) is 0 Å². The number of rotatable bonds is 3. The number of oxazole rings is 1. The van der Waals surface area contributed by atoms with E-state index in [9.17, 15) is 14.3 Å². The Labute approximate surface area is 113 Å². The van der Waals surface area contributed by atoms with Crippen LogP contribution in [0.2, 0.25) is 0 Å². The molecule has 0 aliphatic carbocycles. The van der Waals surface area contributed by atoms with Gasteiger partial charge in [0.25, 0.3) is 0 Å². The molecule has 1 heterocycles. The van der Waals surface area contributed by atoms with Gasteiger partial charge < -0.3 is 9.52 Å². The molecule has 1 aromatic heterocycles. The molecule has 1 atom stereocenters. The van der Waals surface area contributed by atoms with Gasteiger partial charge in [-0.1, -0.05) is 18.2 Å². The monoisotopic (exact) mass is 273 g/mol. The van der Waals surface area contributed by atoms with Crippen molar-refractivity contribution in [3.63, 3.8) is 0 Å². The standard InChI is InChI=1S/C15H12FNO3/c16-11-3-1-2-9(6-11)7-13(18)10-4-5-12-14(8-10)20-15(19)17-12/h1-6,8,13,18H,7H2,(H,17,19). The van der Waals surface area contributed by atoms with Crippen molar-refractivity contribution in [2.24, 2.45) is 0 Å². The summed E-state index contributed by atoms with van der Waals surface area (Å²) in [6.45, 7) is 0. The number of aliphatic hydroxyl groups excluding tert-OH is 1. The van der Waals surface area contributed by atoms with E-state index in [2.05, 4.69) is 4.98 Å². The first-order chi connectivity index (χ1) is 9.61. The van der Waals surface area contributed by atoms with Gasteiger partial charge in [0.2, 0.25) is 0 Å². The predicted octanol–water partition coefficient (Wildman–Crippen LogP) is 2.54. The van der Waals surface area contributed by atoms with Crippen LogP contribution in [0.4, 0.5) is 4.39 Å². The minimum Gasteiger partial charge on any atom is -0.408 e. The predicted molar refractivity (Wildman–Crippen MR) is 71.9 cm³/mol. The molecule has 20 heavy (non-hydrogen) atoms. The fourth-order valence-electron chi connectivity index (χ4n) is 2.17. The summed E-state index contributed by atoms with van der Waals surface area (Å²) in [7, 11) is 0. The fraction of sp³-hybridized carbons (Fsp3) is 0.133. The van der Waals surface area contributed by atoms with Gasteiger partial charge in [0.1, 0.15) is 5.82 Å². The molecule has 2 N–H and O–H groups in total. The van der Waals surface area contributed by atoms with Crippen LogP contribution in [0.25, 0.3) is 11.1 Å². The van der Waals surface area contributed by atoms with Crippen LogP contribution in [0.3, 0.4) is 0 Å².